The van der Waals surface area contributed by atoms with Crippen LogP contribution in [0, 0.1) is 0 Å². The van der Waals surface area contributed by atoms with Crippen LogP contribution in [0.1, 0.15) is 53.2 Å². The Morgan fingerprint density at radius 2 is 2.10 bits per heavy atom. The van der Waals surface area contributed by atoms with Crippen LogP contribution in [-0.4, -0.2) is 16.2 Å². The minimum Gasteiger partial charge on any atom is -0.389 e. The van der Waals surface area contributed by atoms with Crippen molar-refractivity contribution in [1.29, 1.82) is 0 Å². The molecule has 1 aliphatic carbocycles. The Balaban J connectivity index is 1.86. The zero-order chi connectivity index (χ0) is 14.8. The van der Waals surface area contributed by atoms with Crippen molar-refractivity contribution >= 4 is 11.6 Å². The third-order valence-corrected chi connectivity index (χ3v) is 3.82. The zero-order valence-electron chi connectivity index (χ0n) is 11.9. The molecule has 3 rings (SSSR count). The predicted molar refractivity (Wildman–Crippen MR) is 78.2 cm³/mol. The lowest BCUT2D eigenvalue weighted by molar-refractivity contribution is 0.101. The van der Waals surface area contributed by atoms with Crippen molar-refractivity contribution in [2.75, 3.05) is 5.32 Å². The van der Waals surface area contributed by atoms with E-state index in [4.69, 9.17) is 4.52 Å². The molecule has 5 nitrogen and oxygen atoms in total. The van der Waals surface area contributed by atoms with E-state index in [2.05, 4.69) is 10.5 Å². The fourth-order valence-corrected chi connectivity index (χ4v) is 2.72. The van der Waals surface area contributed by atoms with Gasteiger partial charge in [0, 0.05) is 23.2 Å². The molecule has 110 valence electrons. The molecule has 2 N–H and O–H groups in total. The third kappa shape index (κ3) is 2.69. The molecule has 1 atom stereocenters. The molecule has 1 aliphatic rings. The summed E-state index contributed by atoms with van der Waals surface area (Å²) in [6.07, 6.45) is 3.17. The van der Waals surface area contributed by atoms with Crippen LogP contribution in [0.5, 0.6) is 0 Å². The average Bonchev–Trinajstić information content (AvgIpc) is 2.91. The normalized spacial score (nSPS) is 15.3. The van der Waals surface area contributed by atoms with E-state index in [1.54, 1.807) is 19.1 Å². The van der Waals surface area contributed by atoms with Gasteiger partial charge in [-0.3, -0.25) is 4.79 Å². The summed E-state index contributed by atoms with van der Waals surface area (Å²) >= 11 is 0. The Bertz CT molecular complexity index is 661. The molecular formula is C16H18N2O3. The summed E-state index contributed by atoms with van der Waals surface area (Å²) in [5, 5.41) is 16.5. The van der Waals surface area contributed by atoms with Crippen LogP contribution < -0.4 is 5.32 Å². The number of hydrogen-bond acceptors (Lipinski definition) is 4. The van der Waals surface area contributed by atoms with Crippen molar-refractivity contribution in [3.8, 4) is 0 Å². The summed E-state index contributed by atoms with van der Waals surface area (Å²) in [6.45, 7) is 1.67. The summed E-state index contributed by atoms with van der Waals surface area (Å²) < 4.78 is 5.26. The highest BCUT2D eigenvalue weighted by Gasteiger charge is 2.24. The number of aliphatic hydroxyl groups is 1. The van der Waals surface area contributed by atoms with Crippen molar-refractivity contribution in [3.63, 3.8) is 0 Å². The Labute approximate surface area is 123 Å². The number of para-hydroxylation sites is 1. The van der Waals surface area contributed by atoms with Crippen molar-refractivity contribution in [2.45, 2.75) is 38.7 Å². The Morgan fingerprint density at radius 1 is 1.33 bits per heavy atom. The molecule has 0 radical (unpaired) electrons. The molecule has 0 unspecified atom stereocenters. The van der Waals surface area contributed by atoms with Crippen molar-refractivity contribution < 1.29 is 14.4 Å². The van der Waals surface area contributed by atoms with Crippen LogP contribution in [0.2, 0.25) is 0 Å². The van der Waals surface area contributed by atoms with Crippen molar-refractivity contribution in [2.24, 2.45) is 0 Å². The minimum absolute atomic E-state index is 0.282. The number of nitrogens with one attached hydrogen (secondary N) is 1. The van der Waals surface area contributed by atoms with Gasteiger partial charge in [0.2, 0.25) is 0 Å². The Hall–Kier alpha value is -2.14. The zero-order valence-corrected chi connectivity index (χ0v) is 11.9. The van der Waals surface area contributed by atoms with Gasteiger partial charge in [-0.15, -0.1) is 0 Å². The maximum atomic E-state index is 12.4. The number of carbonyl (C=O) groups excluding carboxylic acids is 1. The van der Waals surface area contributed by atoms with E-state index in [1.165, 1.54) is 0 Å². The van der Waals surface area contributed by atoms with E-state index in [9.17, 15) is 9.90 Å². The number of benzene rings is 1. The van der Waals surface area contributed by atoms with E-state index < -0.39 is 6.10 Å². The van der Waals surface area contributed by atoms with Crippen LogP contribution in [0.25, 0.3) is 0 Å². The minimum atomic E-state index is -0.646. The number of aromatic nitrogens is 1. The molecule has 0 saturated heterocycles. The Kier molecular flexibility index (Phi) is 3.75. The van der Waals surface area contributed by atoms with Crippen LogP contribution in [0.15, 0.2) is 28.8 Å². The van der Waals surface area contributed by atoms with Gasteiger partial charge in [0.1, 0.15) is 5.76 Å². The Morgan fingerprint density at radius 3 is 2.90 bits per heavy atom. The molecule has 1 aromatic carbocycles. The van der Waals surface area contributed by atoms with Crippen LogP contribution in [0.4, 0.5) is 5.69 Å². The van der Waals surface area contributed by atoms with Gasteiger partial charge in [0.05, 0.1) is 6.10 Å². The number of nitrogens with zero attached hydrogens (tertiary/aromatic N) is 1. The van der Waals surface area contributed by atoms with Gasteiger partial charge in [-0.2, -0.15) is 0 Å². The van der Waals surface area contributed by atoms with Gasteiger partial charge in [-0.1, -0.05) is 23.4 Å². The quantitative estimate of drug-likeness (QED) is 0.909. The van der Waals surface area contributed by atoms with Crippen molar-refractivity contribution in [1.82, 2.24) is 5.16 Å². The number of carbonyl (C=O) groups is 1. The van der Waals surface area contributed by atoms with Gasteiger partial charge in [0.25, 0.3) is 5.91 Å². The fraction of sp³-hybridized carbons (Fsp3) is 0.375. The average molecular weight is 286 g/mol. The van der Waals surface area contributed by atoms with E-state index in [1.807, 2.05) is 12.1 Å². The second-order valence-electron chi connectivity index (χ2n) is 5.36. The highest BCUT2D eigenvalue weighted by atomic mass is 16.5. The summed E-state index contributed by atoms with van der Waals surface area (Å²) in [7, 11) is 0. The van der Waals surface area contributed by atoms with Crippen LogP contribution >= 0.6 is 0 Å². The molecule has 1 amide bonds. The molecule has 0 aliphatic heterocycles. The topological polar surface area (TPSA) is 75.4 Å². The molecular weight excluding hydrogens is 268 g/mol. The standard InChI is InChI=1S/C16H18N2O3/c1-10(19)11-6-2-4-8-13(11)17-16(20)15-12-7-3-5-9-14(12)21-18-15/h2,4,6,8,10,19H,3,5,7,9H2,1H3,(H,17,20)/t10-/m0/s1. The number of aryl methyl sites for hydroxylation is 1. The second-order valence-corrected chi connectivity index (χ2v) is 5.36. The second kappa shape index (κ2) is 5.69. The molecule has 0 spiro atoms. The lowest BCUT2D eigenvalue weighted by Crippen LogP contribution is -2.17. The van der Waals surface area contributed by atoms with Gasteiger partial charge in [0.15, 0.2) is 5.69 Å². The van der Waals surface area contributed by atoms with Gasteiger partial charge in [-0.25, -0.2) is 0 Å². The first-order valence-electron chi connectivity index (χ1n) is 7.22. The molecule has 0 fully saturated rings. The lowest BCUT2D eigenvalue weighted by atomic mass is 9.96. The maximum Gasteiger partial charge on any atom is 0.278 e. The number of amides is 1. The number of rotatable bonds is 3. The molecule has 0 bridgehead atoms. The van der Waals surface area contributed by atoms with Crippen molar-refractivity contribution in [3.05, 3.63) is 46.8 Å². The summed E-state index contributed by atoms with van der Waals surface area (Å²) in [5.41, 5.74) is 2.58. The monoisotopic (exact) mass is 286 g/mol. The van der Waals surface area contributed by atoms with Gasteiger partial charge >= 0.3 is 0 Å². The largest absolute Gasteiger partial charge is 0.389 e. The number of fused-ring (bicyclic) bond motifs is 1. The number of anilines is 1. The molecule has 5 heteroatoms. The fourth-order valence-electron chi connectivity index (χ4n) is 2.72. The van der Waals surface area contributed by atoms with E-state index in [0.717, 1.165) is 37.0 Å². The first kappa shape index (κ1) is 13.8. The van der Waals surface area contributed by atoms with E-state index >= 15 is 0 Å². The SMILES string of the molecule is C[C@H](O)c1ccccc1NC(=O)c1noc2c1CCCC2. The number of hydrogen-bond donors (Lipinski definition) is 2. The van der Waals surface area contributed by atoms with Gasteiger partial charge in [-0.05, 0) is 32.3 Å². The smallest absolute Gasteiger partial charge is 0.278 e. The number of aliphatic hydroxyl groups excluding tert-OH is 1. The molecule has 2 aromatic rings. The highest BCUT2D eigenvalue weighted by Crippen LogP contribution is 2.26. The lowest BCUT2D eigenvalue weighted by Gasteiger charge is -2.13. The van der Waals surface area contributed by atoms with E-state index in [-0.39, 0.29) is 5.91 Å². The molecule has 1 heterocycles. The third-order valence-electron chi connectivity index (χ3n) is 3.82. The summed E-state index contributed by atoms with van der Waals surface area (Å²) in [6, 6.07) is 7.21. The molecule has 0 saturated carbocycles. The van der Waals surface area contributed by atoms with Crippen LogP contribution in [-0.2, 0) is 12.8 Å². The summed E-state index contributed by atoms with van der Waals surface area (Å²) in [4.78, 5) is 12.4. The predicted octanol–water partition coefficient (Wildman–Crippen LogP) is 2.86. The summed E-state index contributed by atoms with van der Waals surface area (Å²) in [5.74, 6) is 0.546. The first-order valence-corrected chi connectivity index (χ1v) is 7.22. The van der Waals surface area contributed by atoms with Gasteiger partial charge < -0.3 is 14.9 Å². The first-order chi connectivity index (χ1) is 10.2. The molecule has 1 aromatic heterocycles. The van der Waals surface area contributed by atoms with Crippen LogP contribution in [0.3, 0.4) is 0 Å². The maximum absolute atomic E-state index is 12.4. The molecule has 21 heavy (non-hydrogen) atoms. The van der Waals surface area contributed by atoms with E-state index in [0.29, 0.717) is 16.9 Å². The highest BCUT2D eigenvalue weighted by molar-refractivity contribution is 6.04.